The van der Waals surface area contributed by atoms with E-state index in [0.717, 1.165) is 22.2 Å². The molecule has 5 nitrogen and oxygen atoms in total. The topological polar surface area (TPSA) is 78.1 Å². The van der Waals surface area contributed by atoms with Crippen LogP contribution in [0.4, 0.5) is 5.88 Å². The van der Waals surface area contributed by atoms with Crippen LogP contribution in [0, 0.1) is 6.92 Å². The average Bonchev–Trinajstić information content (AvgIpc) is 2.86. The molecule has 0 aliphatic heterocycles. The van der Waals surface area contributed by atoms with E-state index in [1.165, 1.54) is 0 Å². The van der Waals surface area contributed by atoms with Crippen molar-refractivity contribution in [2.75, 3.05) is 5.73 Å². The van der Waals surface area contributed by atoms with Crippen molar-refractivity contribution in [2.45, 2.75) is 6.92 Å². The Hall–Kier alpha value is -2.30. The van der Waals surface area contributed by atoms with Gasteiger partial charge in [0.25, 0.3) is 0 Å². The van der Waals surface area contributed by atoms with Crippen LogP contribution in [0.5, 0.6) is 0 Å². The highest BCUT2D eigenvalue weighted by molar-refractivity contribution is 5.84. The lowest BCUT2D eigenvalue weighted by atomic mass is 10.1. The normalized spacial score (nSPS) is 11.1. The van der Waals surface area contributed by atoms with Crippen LogP contribution in [0.2, 0.25) is 0 Å². The van der Waals surface area contributed by atoms with E-state index in [1.807, 2.05) is 25.1 Å². The lowest BCUT2D eigenvalue weighted by Crippen LogP contribution is -1.78. The zero-order chi connectivity index (χ0) is 11.1. The van der Waals surface area contributed by atoms with Gasteiger partial charge in [-0.25, -0.2) is 0 Å². The van der Waals surface area contributed by atoms with Gasteiger partial charge in [0, 0.05) is 17.0 Å². The summed E-state index contributed by atoms with van der Waals surface area (Å²) in [7, 11) is 0. The first-order valence-corrected chi connectivity index (χ1v) is 4.82. The Morgan fingerprint density at radius 3 is 2.75 bits per heavy atom. The highest BCUT2D eigenvalue weighted by Gasteiger charge is 2.08. The molecule has 0 bridgehead atoms. The van der Waals surface area contributed by atoms with Crippen LogP contribution < -0.4 is 5.73 Å². The number of nitrogen functional groups attached to an aromatic ring is 1. The van der Waals surface area contributed by atoms with Gasteiger partial charge in [-0.3, -0.25) is 0 Å². The molecule has 1 aromatic carbocycles. The molecule has 5 heteroatoms. The number of nitrogens with two attached hydrogens (primary N) is 1. The van der Waals surface area contributed by atoms with Crippen LogP contribution >= 0.6 is 0 Å². The van der Waals surface area contributed by atoms with Gasteiger partial charge in [-0.05, 0) is 25.1 Å². The van der Waals surface area contributed by atoms with Crippen LogP contribution in [0.3, 0.4) is 0 Å². The van der Waals surface area contributed by atoms with Gasteiger partial charge in [0.05, 0.1) is 5.69 Å². The summed E-state index contributed by atoms with van der Waals surface area (Å²) in [6.45, 7) is 1.90. The summed E-state index contributed by atoms with van der Waals surface area (Å²) >= 11 is 0. The summed E-state index contributed by atoms with van der Waals surface area (Å²) < 4.78 is 9.96. The summed E-state index contributed by atoms with van der Waals surface area (Å²) in [5, 5.41) is 8.72. The van der Waals surface area contributed by atoms with E-state index in [1.54, 1.807) is 6.07 Å². The molecule has 2 aromatic heterocycles. The van der Waals surface area contributed by atoms with Crippen LogP contribution in [-0.2, 0) is 0 Å². The zero-order valence-electron chi connectivity index (χ0n) is 8.60. The van der Waals surface area contributed by atoms with Crippen molar-refractivity contribution in [3.05, 3.63) is 30.0 Å². The monoisotopic (exact) mass is 215 g/mol. The number of nitrogens with zero attached hydrogens (tertiary/aromatic N) is 2. The minimum absolute atomic E-state index is 0.303. The smallest absolute Gasteiger partial charge is 0.222 e. The fourth-order valence-corrected chi connectivity index (χ4v) is 1.64. The van der Waals surface area contributed by atoms with E-state index >= 15 is 0 Å². The molecule has 0 amide bonds. The molecule has 3 rings (SSSR count). The first kappa shape index (κ1) is 8.96. The Labute approximate surface area is 90.8 Å². The molecule has 0 unspecified atom stereocenters. The minimum Gasteiger partial charge on any atom is -0.368 e. The predicted octanol–water partition coefficient (Wildman–Crippen LogP) is 2.37. The van der Waals surface area contributed by atoms with E-state index in [-0.39, 0.29) is 0 Å². The number of aryl methyl sites for hydroxylation is 1. The van der Waals surface area contributed by atoms with Crippen molar-refractivity contribution in [2.24, 2.45) is 0 Å². The third-order valence-electron chi connectivity index (χ3n) is 2.47. The van der Waals surface area contributed by atoms with Gasteiger partial charge in [-0.1, -0.05) is 10.3 Å². The third-order valence-corrected chi connectivity index (χ3v) is 2.47. The van der Waals surface area contributed by atoms with Crippen molar-refractivity contribution < 1.29 is 9.05 Å². The SMILES string of the molecule is Cc1noc2ccc(-c3cc(N)on3)cc12. The average molecular weight is 215 g/mol. The molecule has 0 fully saturated rings. The minimum atomic E-state index is 0.303. The first-order valence-electron chi connectivity index (χ1n) is 4.82. The van der Waals surface area contributed by atoms with Gasteiger partial charge in [0.1, 0.15) is 5.69 Å². The molecule has 0 spiro atoms. The number of rotatable bonds is 1. The second-order valence-electron chi connectivity index (χ2n) is 3.59. The second-order valence-corrected chi connectivity index (χ2v) is 3.59. The maximum atomic E-state index is 5.48. The number of fused-ring (bicyclic) bond motifs is 1. The van der Waals surface area contributed by atoms with E-state index < -0.39 is 0 Å². The molecule has 0 aliphatic carbocycles. The van der Waals surface area contributed by atoms with Crippen LogP contribution in [-0.4, -0.2) is 10.3 Å². The second kappa shape index (κ2) is 3.10. The number of hydrogen-bond acceptors (Lipinski definition) is 5. The molecule has 2 N–H and O–H groups in total. The number of benzene rings is 1. The summed E-state index contributed by atoms with van der Waals surface area (Å²) in [5.41, 5.74) is 8.73. The summed E-state index contributed by atoms with van der Waals surface area (Å²) in [4.78, 5) is 0. The van der Waals surface area contributed by atoms with Crippen molar-refractivity contribution in [1.82, 2.24) is 10.3 Å². The quantitative estimate of drug-likeness (QED) is 0.674. The maximum Gasteiger partial charge on any atom is 0.222 e. The largest absolute Gasteiger partial charge is 0.368 e. The van der Waals surface area contributed by atoms with E-state index in [2.05, 4.69) is 10.3 Å². The van der Waals surface area contributed by atoms with Gasteiger partial charge < -0.3 is 14.8 Å². The lowest BCUT2D eigenvalue weighted by Gasteiger charge is -1.94. The van der Waals surface area contributed by atoms with Crippen LogP contribution in [0.1, 0.15) is 5.69 Å². The van der Waals surface area contributed by atoms with Gasteiger partial charge >= 0.3 is 0 Å². The Morgan fingerprint density at radius 1 is 1.12 bits per heavy atom. The highest BCUT2D eigenvalue weighted by atomic mass is 16.5. The zero-order valence-corrected chi connectivity index (χ0v) is 8.60. The molecule has 3 aromatic rings. The predicted molar refractivity (Wildman–Crippen MR) is 58.7 cm³/mol. The van der Waals surface area contributed by atoms with E-state index in [4.69, 9.17) is 14.8 Å². The molecular formula is C11H9N3O2. The molecule has 0 saturated heterocycles. The third kappa shape index (κ3) is 1.25. The van der Waals surface area contributed by atoms with Crippen molar-refractivity contribution in [1.29, 1.82) is 0 Å². The molecule has 0 atom stereocenters. The van der Waals surface area contributed by atoms with Gasteiger partial charge in [0.15, 0.2) is 5.58 Å². The van der Waals surface area contributed by atoms with Crippen molar-refractivity contribution in [3.63, 3.8) is 0 Å². The Kier molecular flexibility index (Phi) is 1.73. The molecular weight excluding hydrogens is 206 g/mol. The molecule has 0 aliphatic rings. The van der Waals surface area contributed by atoms with Crippen molar-refractivity contribution in [3.8, 4) is 11.3 Å². The van der Waals surface area contributed by atoms with Gasteiger partial charge in [-0.2, -0.15) is 0 Å². The number of aromatic nitrogens is 2. The van der Waals surface area contributed by atoms with Crippen LogP contribution in [0.15, 0.2) is 33.3 Å². The first-order chi connectivity index (χ1) is 7.74. The Balaban J connectivity index is 2.21. The standard InChI is InChI=1S/C11H9N3O2/c1-6-8-4-7(2-3-10(8)15-13-6)9-5-11(12)16-14-9/h2-5H,12H2,1H3. The van der Waals surface area contributed by atoms with Crippen molar-refractivity contribution >= 4 is 16.9 Å². The lowest BCUT2D eigenvalue weighted by molar-refractivity contribution is 0.439. The number of hydrogen-bond donors (Lipinski definition) is 1. The molecule has 0 radical (unpaired) electrons. The molecule has 16 heavy (non-hydrogen) atoms. The van der Waals surface area contributed by atoms with E-state index in [9.17, 15) is 0 Å². The molecule has 80 valence electrons. The highest BCUT2D eigenvalue weighted by Crippen LogP contribution is 2.26. The number of anilines is 1. The molecule has 0 saturated carbocycles. The summed E-state index contributed by atoms with van der Waals surface area (Å²) in [6.07, 6.45) is 0. The van der Waals surface area contributed by atoms with Gasteiger partial charge in [-0.15, -0.1) is 0 Å². The van der Waals surface area contributed by atoms with Gasteiger partial charge in [0.2, 0.25) is 5.88 Å². The van der Waals surface area contributed by atoms with Crippen LogP contribution in [0.25, 0.3) is 22.2 Å². The Bertz CT molecular complexity index is 654. The maximum absolute atomic E-state index is 5.48. The fraction of sp³-hybridized carbons (Fsp3) is 0.0909. The Morgan fingerprint density at radius 2 is 2.00 bits per heavy atom. The van der Waals surface area contributed by atoms with E-state index in [0.29, 0.717) is 11.6 Å². The fourth-order valence-electron chi connectivity index (χ4n) is 1.64. The summed E-state index contributed by atoms with van der Waals surface area (Å²) in [6, 6.07) is 7.39. The summed E-state index contributed by atoms with van der Waals surface area (Å²) in [5.74, 6) is 0.303. The molecule has 2 heterocycles.